The maximum Gasteiger partial charge on any atom is 0.318 e. The number of ether oxygens (including phenoxy) is 1. The number of benzene rings is 2. The lowest BCUT2D eigenvalue weighted by atomic mass is 10.0. The lowest BCUT2D eigenvalue weighted by molar-refractivity contribution is -0.127. The number of hydrogen-bond acceptors (Lipinski definition) is 4. The molecular weight excluding hydrogens is 337 g/mol. The lowest BCUT2D eigenvalue weighted by Crippen LogP contribution is -2.47. The van der Waals surface area contributed by atoms with E-state index in [9.17, 15) is 14.0 Å². The van der Waals surface area contributed by atoms with E-state index in [1.807, 2.05) is 35.2 Å². The van der Waals surface area contributed by atoms with Gasteiger partial charge in [0.2, 0.25) is 5.91 Å². The second-order valence-electron chi connectivity index (χ2n) is 6.18. The van der Waals surface area contributed by atoms with E-state index < -0.39 is 11.9 Å². The molecule has 1 heterocycles. The highest BCUT2D eigenvalue weighted by Gasteiger charge is 2.30. The van der Waals surface area contributed by atoms with Gasteiger partial charge in [-0.25, -0.2) is 9.18 Å². The molecule has 1 aliphatic rings. The molecule has 6 nitrogen and oxygen atoms in total. The molecule has 0 spiro atoms. The van der Waals surface area contributed by atoms with Gasteiger partial charge in [0.25, 0.3) is 0 Å². The van der Waals surface area contributed by atoms with Gasteiger partial charge < -0.3 is 10.5 Å². The van der Waals surface area contributed by atoms with Crippen molar-refractivity contribution in [1.29, 1.82) is 0 Å². The molecule has 26 heavy (non-hydrogen) atoms. The van der Waals surface area contributed by atoms with Crippen LogP contribution in [0.3, 0.4) is 0 Å². The van der Waals surface area contributed by atoms with Crippen molar-refractivity contribution < 1.29 is 18.7 Å². The van der Waals surface area contributed by atoms with Crippen LogP contribution >= 0.6 is 0 Å². The second kappa shape index (κ2) is 8.07. The van der Waals surface area contributed by atoms with Crippen molar-refractivity contribution in [2.45, 2.75) is 12.2 Å². The first-order valence-electron chi connectivity index (χ1n) is 8.29. The van der Waals surface area contributed by atoms with Crippen molar-refractivity contribution in [3.63, 3.8) is 0 Å². The van der Waals surface area contributed by atoms with E-state index >= 15 is 0 Å². The molecule has 136 valence electrons. The largest absolute Gasteiger partial charge is 0.363 e. The highest BCUT2D eigenvalue weighted by Crippen LogP contribution is 2.32. The fraction of sp³-hybridized carbons (Fsp3) is 0.263. The van der Waals surface area contributed by atoms with Crippen LogP contribution in [0.2, 0.25) is 0 Å². The van der Waals surface area contributed by atoms with Gasteiger partial charge in [-0.3, -0.25) is 15.0 Å². The summed E-state index contributed by atoms with van der Waals surface area (Å²) in [5, 5.41) is 2.07. The van der Waals surface area contributed by atoms with Crippen LogP contribution in [0.4, 0.5) is 9.18 Å². The number of halogens is 1. The van der Waals surface area contributed by atoms with Crippen LogP contribution < -0.4 is 11.1 Å². The summed E-state index contributed by atoms with van der Waals surface area (Å²) in [5.74, 6) is -0.786. The van der Waals surface area contributed by atoms with Gasteiger partial charge in [0.1, 0.15) is 5.82 Å². The monoisotopic (exact) mass is 357 g/mol. The summed E-state index contributed by atoms with van der Waals surface area (Å²) in [6.07, 6.45) is -0.572. The lowest BCUT2D eigenvalue weighted by Gasteiger charge is -2.38. The number of morpholine rings is 1. The van der Waals surface area contributed by atoms with Crippen LogP contribution in [0.1, 0.15) is 23.3 Å². The van der Waals surface area contributed by atoms with Crippen LogP contribution in [0.25, 0.3) is 0 Å². The first-order chi connectivity index (χ1) is 12.5. The third kappa shape index (κ3) is 4.65. The molecule has 3 amide bonds. The Kier molecular flexibility index (Phi) is 5.60. The molecule has 3 rings (SSSR count). The number of nitrogens with zero attached hydrogens (tertiary/aromatic N) is 1. The molecule has 0 radical (unpaired) electrons. The highest BCUT2D eigenvalue weighted by molar-refractivity contribution is 5.94. The standard InChI is InChI=1S/C19H20FN3O3/c20-15-8-6-14(7-9-15)17-11-23(12-18(24)22-19(21)25)10-16(26-17)13-4-2-1-3-5-13/h1-9,16-17H,10-12H2,(H3,21,22,24,25)/t16-,17-/m1/s1. The minimum absolute atomic E-state index is 0.0212. The quantitative estimate of drug-likeness (QED) is 0.878. The fourth-order valence-corrected chi connectivity index (χ4v) is 3.05. The van der Waals surface area contributed by atoms with Gasteiger partial charge in [-0.2, -0.15) is 0 Å². The first kappa shape index (κ1) is 18.0. The number of amides is 3. The smallest absolute Gasteiger partial charge is 0.318 e. The van der Waals surface area contributed by atoms with Gasteiger partial charge in [0, 0.05) is 13.1 Å². The minimum atomic E-state index is -0.877. The van der Waals surface area contributed by atoms with Crippen molar-refractivity contribution in [2.24, 2.45) is 5.73 Å². The average molecular weight is 357 g/mol. The Morgan fingerprint density at radius 2 is 1.62 bits per heavy atom. The van der Waals surface area contributed by atoms with Crippen molar-refractivity contribution in [1.82, 2.24) is 10.2 Å². The summed E-state index contributed by atoms with van der Waals surface area (Å²) < 4.78 is 19.4. The maximum atomic E-state index is 13.2. The van der Waals surface area contributed by atoms with Crippen LogP contribution in [0, 0.1) is 5.82 Å². The average Bonchev–Trinajstić information content (AvgIpc) is 2.62. The molecule has 2 aromatic rings. The summed E-state index contributed by atoms with van der Waals surface area (Å²) in [6, 6.07) is 14.9. The van der Waals surface area contributed by atoms with Crippen molar-refractivity contribution in [3.05, 3.63) is 71.5 Å². The van der Waals surface area contributed by atoms with Gasteiger partial charge in [0.05, 0.1) is 18.8 Å². The van der Waals surface area contributed by atoms with E-state index in [2.05, 4.69) is 5.32 Å². The number of nitrogens with two attached hydrogens (primary N) is 1. The molecule has 0 unspecified atom stereocenters. The topological polar surface area (TPSA) is 84.7 Å². The van der Waals surface area contributed by atoms with Gasteiger partial charge in [-0.05, 0) is 23.3 Å². The summed E-state index contributed by atoms with van der Waals surface area (Å²) in [6.45, 7) is 0.961. The molecule has 0 aliphatic carbocycles. The Labute approximate surface area is 150 Å². The number of carbonyl (C=O) groups is 2. The zero-order chi connectivity index (χ0) is 18.5. The first-order valence-corrected chi connectivity index (χ1v) is 8.29. The van der Waals surface area contributed by atoms with E-state index in [-0.39, 0.29) is 24.6 Å². The molecule has 0 aromatic heterocycles. The molecule has 7 heteroatoms. The Balaban J connectivity index is 1.79. The number of urea groups is 1. The molecule has 3 N–H and O–H groups in total. The van der Waals surface area contributed by atoms with Gasteiger partial charge in [0.15, 0.2) is 0 Å². The fourth-order valence-electron chi connectivity index (χ4n) is 3.05. The van der Waals surface area contributed by atoms with Crippen LogP contribution in [-0.4, -0.2) is 36.5 Å². The number of hydrogen-bond donors (Lipinski definition) is 2. The van der Waals surface area contributed by atoms with Gasteiger partial charge in [-0.15, -0.1) is 0 Å². The predicted octanol–water partition coefficient (Wildman–Crippen LogP) is 2.14. The molecule has 0 bridgehead atoms. The Hall–Kier alpha value is -2.77. The number of primary amides is 1. The zero-order valence-corrected chi connectivity index (χ0v) is 14.1. The number of imide groups is 1. The summed E-state index contributed by atoms with van der Waals surface area (Å²) in [4.78, 5) is 24.7. The van der Waals surface area contributed by atoms with E-state index in [0.717, 1.165) is 11.1 Å². The minimum Gasteiger partial charge on any atom is -0.363 e. The molecule has 1 aliphatic heterocycles. The maximum absolute atomic E-state index is 13.2. The summed E-state index contributed by atoms with van der Waals surface area (Å²) in [7, 11) is 0. The Morgan fingerprint density at radius 1 is 1.04 bits per heavy atom. The van der Waals surface area contributed by atoms with E-state index in [0.29, 0.717) is 13.1 Å². The molecule has 1 saturated heterocycles. The van der Waals surface area contributed by atoms with Crippen LogP contribution in [0.15, 0.2) is 54.6 Å². The van der Waals surface area contributed by atoms with Crippen LogP contribution in [0.5, 0.6) is 0 Å². The molecule has 2 atom stereocenters. The number of carbonyl (C=O) groups excluding carboxylic acids is 2. The number of nitrogens with one attached hydrogen (secondary N) is 1. The Bertz CT molecular complexity index is 767. The zero-order valence-electron chi connectivity index (χ0n) is 14.1. The third-order valence-electron chi connectivity index (χ3n) is 4.22. The van der Waals surface area contributed by atoms with E-state index in [1.165, 1.54) is 12.1 Å². The van der Waals surface area contributed by atoms with E-state index in [4.69, 9.17) is 10.5 Å². The van der Waals surface area contributed by atoms with E-state index in [1.54, 1.807) is 12.1 Å². The predicted molar refractivity (Wildman–Crippen MR) is 93.6 cm³/mol. The van der Waals surface area contributed by atoms with Crippen molar-refractivity contribution in [3.8, 4) is 0 Å². The number of rotatable bonds is 4. The van der Waals surface area contributed by atoms with Gasteiger partial charge >= 0.3 is 6.03 Å². The van der Waals surface area contributed by atoms with Crippen LogP contribution in [-0.2, 0) is 9.53 Å². The highest BCUT2D eigenvalue weighted by atomic mass is 19.1. The third-order valence-corrected chi connectivity index (χ3v) is 4.22. The van der Waals surface area contributed by atoms with Crippen molar-refractivity contribution in [2.75, 3.05) is 19.6 Å². The normalized spacial score (nSPS) is 20.5. The van der Waals surface area contributed by atoms with Gasteiger partial charge in [-0.1, -0.05) is 42.5 Å². The Morgan fingerprint density at radius 3 is 2.19 bits per heavy atom. The second-order valence-corrected chi connectivity index (χ2v) is 6.18. The van der Waals surface area contributed by atoms with Crippen molar-refractivity contribution >= 4 is 11.9 Å². The SMILES string of the molecule is NC(=O)NC(=O)CN1C[C@H](c2ccccc2)O[C@@H](c2ccc(F)cc2)C1. The summed E-state index contributed by atoms with van der Waals surface area (Å²) >= 11 is 0. The molecule has 1 fully saturated rings. The summed E-state index contributed by atoms with van der Waals surface area (Å²) in [5.41, 5.74) is 6.81. The molecule has 2 aromatic carbocycles. The molecular formula is C19H20FN3O3. The molecule has 0 saturated carbocycles.